The third kappa shape index (κ3) is 2.75. The van der Waals surface area contributed by atoms with Crippen LogP contribution in [0.2, 0.25) is 5.02 Å². The van der Waals surface area contributed by atoms with Gasteiger partial charge in [-0.05, 0) is 6.07 Å². The molecule has 1 rings (SSSR count). The van der Waals surface area contributed by atoms with Crippen molar-refractivity contribution in [1.82, 2.24) is 0 Å². The zero-order valence-electron chi connectivity index (χ0n) is 8.75. The van der Waals surface area contributed by atoms with E-state index in [9.17, 15) is 0 Å². The Morgan fingerprint density at radius 1 is 1.20 bits per heavy atom. The van der Waals surface area contributed by atoms with Gasteiger partial charge in [0.15, 0.2) is 11.5 Å². The third-order valence-corrected chi connectivity index (χ3v) is 2.34. The van der Waals surface area contributed by atoms with Crippen molar-refractivity contribution in [2.45, 2.75) is 6.42 Å². The van der Waals surface area contributed by atoms with Crippen LogP contribution < -0.4 is 15.4 Å². The Hall–Kier alpha value is -0.970. The van der Waals surface area contributed by atoms with Gasteiger partial charge < -0.3 is 14.3 Å². The van der Waals surface area contributed by atoms with E-state index in [1.165, 1.54) is 0 Å². The monoisotopic (exact) mass is 231 g/mol. The summed E-state index contributed by atoms with van der Waals surface area (Å²) < 4.78 is 10.4. The van der Waals surface area contributed by atoms with E-state index < -0.39 is 0 Å². The van der Waals surface area contributed by atoms with Crippen molar-refractivity contribution in [1.29, 1.82) is 0 Å². The average molecular weight is 232 g/mol. The lowest BCUT2D eigenvalue weighted by Gasteiger charge is -2.13. The zero-order chi connectivity index (χ0) is 11.3. The second-order valence-corrected chi connectivity index (χ2v) is 3.30. The van der Waals surface area contributed by atoms with Gasteiger partial charge in [-0.2, -0.15) is 0 Å². The maximum Gasteiger partial charge on any atom is 0.179 e. The molecule has 1 aromatic carbocycles. The molecular weight excluding hydrogens is 218 g/mol. The van der Waals surface area contributed by atoms with E-state index in [4.69, 9.17) is 27.0 Å². The van der Waals surface area contributed by atoms with Gasteiger partial charge in [0, 0.05) is 12.0 Å². The smallest absolute Gasteiger partial charge is 0.179 e. The molecule has 0 unspecified atom stereocenters. The summed E-state index contributed by atoms with van der Waals surface area (Å²) >= 11 is 5.95. The van der Waals surface area contributed by atoms with Crippen molar-refractivity contribution in [3.05, 3.63) is 22.7 Å². The fourth-order valence-electron chi connectivity index (χ4n) is 1.36. The lowest BCUT2D eigenvalue weighted by atomic mass is 10.1. The van der Waals surface area contributed by atoms with Crippen LogP contribution in [0, 0.1) is 0 Å². The highest BCUT2D eigenvalue weighted by molar-refractivity contribution is 6.32. The number of hydrogen-bond donors (Lipinski definition) is 1. The topological polar surface area (TPSA) is 53.7 Å². The standard InChI is InChI=1S/C10H14ClNO3/c1-13-9-7(5-6-15-12)3-4-8(11)10(9)14-2/h3-4H,5-6,12H2,1-2H3. The quantitative estimate of drug-likeness (QED) is 0.785. The second kappa shape index (κ2) is 5.80. The lowest BCUT2D eigenvalue weighted by molar-refractivity contribution is 0.140. The zero-order valence-corrected chi connectivity index (χ0v) is 9.50. The van der Waals surface area contributed by atoms with Crippen molar-refractivity contribution in [2.24, 2.45) is 5.90 Å². The molecule has 0 saturated carbocycles. The minimum atomic E-state index is 0.418. The van der Waals surface area contributed by atoms with Crippen LogP contribution in [0.15, 0.2) is 12.1 Å². The summed E-state index contributed by atoms with van der Waals surface area (Å²) in [5.74, 6) is 6.13. The molecule has 2 N–H and O–H groups in total. The predicted octanol–water partition coefficient (Wildman–Crippen LogP) is 1.79. The first-order valence-corrected chi connectivity index (χ1v) is 4.83. The van der Waals surface area contributed by atoms with Crippen LogP contribution in [-0.2, 0) is 11.3 Å². The van der Waals surface area contributed by atoms with Gasteiger partial charge in [0.05, 0.1) is 25.8 Å². The molecule has 0 saturated heterocycles. The number of methoxy groups -OCH3 is 2. The second-order valence-electron chi connectivity index (χ2n) is 2.89. The number of nitrogens with two attached hydrogens (primary N) is 1. The van der Waals surface area contributed by atoms with Crippen LogP contribution in [0.4, 0.5) is 0 Å². The average Bonchev–Trinajstić information content (AvgIpc) is 2.26. The highest BCUT2D eigenvalue weighted by Crippen LogP contribution is 2.37. The molecule has 0 heterocycles. The Bertz CT molecular complexity index is 331. The molecular formula is C10H14ClNO3. The summed E-state index contributed by atoms with van der Waals surface area (Å²) in [7, 11) is 3.12. The van der Waals surface area contributed by atoms with Crippen LogP contribution in [-0.4, -0.2) is 20.8 Å². The number of hydrogen-bond acceptors (Lipinski definition) is 4. The minimum Gasteiger partial charge on any atom is -0.493 e. The number of rotatable bonds is 5. The molecule has 0 aliphatic carbocycles. The predicted molar refractivity (Wildman–Crippen MR) is 58.4 cm³/mol. The first-order chi connectivity index (χ1) is 7.24. The number of halogens is 1. The Balaban J connectivity index is 3.05. The third-order valence-electron chi connectivity index (χ3n) is 2.04. The van der Waals surface area contributed by atoms with Crippen LogP contribution in [0.3, 0.4) is 0 Å². The fraction of sp³-hybridized carbons (Fsp3) is 0.400. The largest absolute Gasteiger partial charge is 0.493 e. The molecule has 0 amide bonds. The van der Waals surface area contributed by atoms with Crippen molar-refractivity contribution in [3.63, 3.8) is 0 Å². The summed E-state index contributed by atoms with van der Waals surface area (Å²) in [6.07, 6.45) is 0.646. The van der Waals surface area contributed by atoms with Gasteiger partial charge in [0.1, 0.15) is 0 Å². The van der Waals surface area contributed by atoms with Crippen LogP contribution >= 0.6 is 11.6 Å². The van der Waals surface area contributed by atoms with Gasteiger partial charge in [-0.15, -0.1) is 0 Å². The summed E-state index contributed by atoms with van der Waals surface area (Å²) in [6, 6.07) is 3.62. The van der Waals surface area contributed by atoms with Crippen molar-refractivity contribution in [3.8, 4) is 11.5 Å². The SMILES string of the molecule is COc1c(Cl)ccc(CCON)c1OC. The summed E-state index contributed by atoms with van der Waals surface area (Å²) in [5.41, 5.74) is 0.948. The summed E-state index contributed by atoms with van der Waals surface area (Å²) in [4.78, 5) is 4.52. The molecule has 0 aliphatic heterocycles. The molecule has 0 radical (unpaired) electrons. The van der Waals surface area contributed by atoms with E-state index >= 15 is 0 Å². The van der Waals surface area contributed by atoms with E-state index in [-0.39, 0.29) is 0 Å². The molecule has 5 heteroatoms. The van der Waals surface area contributed by atoms with Gasteiger partial charge in [-0.25, -0.2) is 5.90 Å². The fourth-order valence-corrected chi connectivity index (χ4v) is 1.59. The van der Waals surface area contributed by atoms with Gasteiger partial charge >= 0.3 is 0 Å². The maximum absolute atomic E-state index is 5.95. The van der Waals surface area contributed by atoms with E-state index in [2.05, 4.69) is 4.84 Å². The molecule has 84 valence electrons. The van der Waals surface area contributed by atoms with Crippen molar-refractivity contribution < 1.29 is 14.3 Å². The lowest BCUT2D eigenvalue weighted by Crippen LogP contribution is -2.05. The van der Waals surface area contributed by atoms with Crippen LogP contribution in [0.1, 0.15) is 5.56 Å². The van der Waals surface area contributed by atoms with E-state index in [1.807, 2.05) is 6.07 Å². The molecule has 15 heavy (non-hydrogen) atoms. The van der Waals surface area contributed by atoms with Crippen molar-refractivity contribution >= 4 is 11.6 Å². The highest BCUT2D eigenvalue weighted by atomic mass is 35.5. The van der Waals surface area contributed by atoms with Gasteiger partial charge in [0.2, 0.25) is 0 Å². The van der Waals surface area contributed by atoms with Crippen molar-refractivity contribution in [2.75, 3.05) is 20.8 Å². The maximum atomic E-state index is 5.95. The number of benzene rings is 1. The molecule has 0 fully saturated rings. The Kier molecular flexibility index (Phi) is 4.68. The molecule has 0 bridgehead atoms. The normalized spacial score (nSPS) is 10.1. The molecule has 1 aromatic rings. The van der Waals surface area contributed by atoms with E-state index in [0.717, 1.165) is 5.56 Å². The summed E-state index contributed by atoms with van der Waals surface area (Å²) in [5, 5.41) is 0.520. The summed E-state index contributed by atoms with van der Waals surface area (Å²) in [6.45, 7) is 0.418. The van der Waals surface area contributed by atoms with E-state index in [0.29, 0.717) is 29.5 Å². The molecule has 0 aliphatic rings. The van der Waals surface area contributed by atoms with Gasteiger partial charge in [-0.1, -0.05) is 17.7 Å². The minimum absolute atomic E-state index is 0.418. The van der Waals surface area contributed by atoms with Crippen LogP contribution in [0.25, 0.3) is 0 Å². The Morgan fingerprint density at radius 3 is 2.40 bits per heavy atom. The molecule has 4 nitrogen and oxygen atoms in total. The molecule has 0 aromatic heterocycles. The molecule has 0 atom stereocenters. The van der Waals surface area contributed by atoms with Crippen LogP contribution in [0.5, 0.6) is 11.5 Å². The first kappa shape index (κ1) is 12.1. The first-order valence-electron chi connectivity index (χ1n) is 4.45. The highest BCUT2D eigenvalue weighted by Gasteiger charge is 2.13. The Labute approximate surface area is 93.8 Å². The van der Waals surface area contributed by atoms with E-state index in [1.54, 1.807) is 20.3 Å². The Morgan fingerprint density at radius 2 is 1.87 bits per heavy atom. The molecule has 0 spiro atoms. The van der Waals surface area contributed by atoms with Gasteiger partial charge in [-0.3, -0.25) is 0 Å². The van der Waals surface area contributed by atoms with Gasteiger partial charge in [0.25, 0.3) is 0 Å². The number of ether oxygens (including phenoxy) is 2.